The van der Waals surface area contributed by atoms with Gasteiger partial charge in [-0.15, -0.1) is 0 Å². The van der Waals surface area contributed by atoms with Crippen molar-refractivity contribution >= 4 is 23.0 Å². The van der Waals surface area contributed by atoms with Gasteiger partial charge in [0.1, 0.15) is 11.5 Å². The number of piperazine rings is 1. The Labute approximate surface area is 181 Å². The average molecular weight is 429 g/mol. The fourth-order valence-corrected chi connectivity index (χ4v) is 3.79. The van der Waals surface area contributed by atoms with Crippen LogP contribution < -0.4 is 15.5 Å². The second-order valence-corrected chi connectivity index (χ2v) is 7.54. The van der Waals surface area contributed by atoms with E-state index in [1.165, 1.54) is 18.2 Å². The van der Waals surface area contributed by atoms with Gasteiger partial charge >= 0.3 is 0 Å². The highest BCUT2D eigenvalue weighted by Gasteiger charge is 2.22. The minimum Gasteiger partial charge on any atom is -0.371 e. The van der Waals surface area contributed by atoms with E-state index in [1.54, 1.807) is 24.3 Å². The van der Waals surface area contributed by atoms with Gasteiger partial charge in [0, 0.05) is 43.5 Å². The summed E-state index contributed by atoms with van der Waals surface area (Å²) in [5.74, 6) is -0.693. The van der Waals surface area contributed by atoms with Crippen LogP contribution in [0.25, 0.3) is 0 Å². The predicted octanol–water partition coefficient (Wildman–Crippen LogP) is 3.17. The van der Waals surface area contributed by atoms with Crippen molar-refractivity contribution in [3.05, 3.63) is 64.0 Å². The second-order valence-electron chi connectivity index (χ2n) is 7.54. The van der Waals surface area contributed by atoms with Gasteiger partial charge in [-0.2, -0.15) is 0 Å². The van der Waals surface area contributed by atoms with Crippen molar-refractivity contribution in [2.75, 3.05) is 49.5 Å². The molecule has 0 saturated carbocycles. The third-order valence-electron chi connectivity index (χ3n) is 5.53. The number of hydrogen-bond acceptors (Lipinski definition) is 6. The standard InChI is InChI=1S/C22H28FN5O3/c1-3-26-10-12-27(13-11-26)20-9-8-17(23)14-18(20)16(2)25-22(29)15-24-19-6-4-5-7-21(19)28(30)31/h4-9,14,16,24H,3,10-13,15H2,1-2H3,(H,25,29). The monoisotopic (exact) mass is 429 g/mol. The number of halogens is 1. The summed E-state index contributed by atoms with van der Waals surface area (Å²) in [7, 11) is 0. The topological polar surface area (TPSA) is 90.8 Å². The third-order valence-corrected chi connectivity index (χ3v) is 5.53. The zero-order valence-corrected chi connectivity index (χ0v) is 17.8. The van der Waals surface area contributed by atoms with Gasteiger partial charge in [-0.05, 0) is 37.7 Å². The number of hydrogen-bond donors (Lipinski definition) is 2. The largest absolute Gasteiger partial charge is 0.371 e. The first-order valence-electron chi connectivity index (χ1n) is 10.4. The van der Waals surface area contributed by atoms with Gasteiger partial charge in [-0.25, -0.2) is 4.39 Å². The molecule has 0 radical (unpaired) electrons. The molecule has 1 aliphatic rings. The van der Waals surface area contributed by atoms with Crippen molar-refractivity contribution in [3.8, 4) is 0 Å². The molecule has 8 nitrogen and oxygen atoms in total. The van der Waals surface area contributed by atoms with E-state index in [1.807, 2.05) is 6.92 Å². The van der Waals surface area contributed by atoms with E-state index < -0.39 is 11.0 Å². The van der Waals surface area contributed by atoms with Crippen LogP contribution in [0.5, 0.6) is 0 Å². The molecule has 2 aromatic carbocycles. The number of carbonyl (C=O) groups excluding carboxylic acids is 1. The molecule has 1 fully saturated rings. The number of nitrogens with one attached hydrogen (secondary N) is 2. The van der Waals surface area contributed by atoms with Crippen LogP contribution in [-0.2, 0) is 4.79 Å². The van der Waals surface area contributed by atoms with Crippen LogP contribution in [0.3, 0.4) is 0 Å². The molecule has 3 rings (SSSR count). The van der Waals surface area contributed by atoms with Crippen molar-refractivity contribution < 1.29 is 14.1 Å². The lowest BCUT2D eigenvalue weighted by atomic mass is 10.0. The number of likely N-dealkylation sites (N-methyl/N-ethyl adjacent to an activating group) is 1. The molecule has 1 amide bonds. The molecule has 1 unspecified atom stereocenters. The van der Waals surface area contributed by atoms with Crippen molar-refractivity contribution in [2.24, 2.45) is 0 Å². The number of nitro groups is 1. The Morgan fingerprint density at radius 2 is 1.90 bits per heavy atom. The van der Waals surface area contributed by atoms with Crippen LogP contribution in [-0.4, -0.2) is 55.0 Å². The molecule has 1 atom stereocenters. The Hall–Kier alpha value is -3.20. The summed E-state index contributed by atoms with van der Waals surface area (Å²) >= 11 is 0. The van der Waals surface area contributed by atoms with Crippen LogP contribution in [0.2, 0.25) is 0 Å². The van der Waals surface area contributed by atoms with Crippen LogP contribution >= 0.6 is 0 Å². The van der Waals surface area contributed by atoms with E-state index >= 15 is 0 Å². The maximum absolute atomic E-state index is 14.0. The lowest BCUT2D eigenvalue weighted by molar-refractivity contribution is -0.383. The van der Waals surface area contributed by atoms with Crippen LogP contribution in [0.4, 0.5) is 21.5 Å². The molecule has 2 aromatic rings. The Morgan fingerprint density at radius 3 is 2.58 bits per heavy atom. The summed E-state index contributed by atoms with van der Waals surface area (Å²) in [6.45, 7) is 8.37. The number of para-hydroxylation sites is 2. The molecule has 1 saturated heterocycles. The first kappa shape index (κ1) is 22.5. The number of nitrogens with zero attached hydrogens (tertiary/aromatic N) is 3. The van der Waals surface area contributed by atoms with E-state index in [2.05, 4.69) is 27.4 Å². The van der Waals surface area contributed by atoms with Gasteiger partial charge in [0.15, 0.2) is 0 Å². The molecule has 0 aliphatic carbocycles. The van der Waals surface area contributed by atoms with Crippen molar-refractivity contribution in [1.82, 2.24) is 10.2 Å². The molecule has 1 heterocycles. The Balaban J connectivity index is 1.66. The normalized spacial score (nSPS) is 15.4. The average Bonchev–Trinajstić information content (AvgIpc) is 2.77. The van der Waals surface area contributed by atoms with E-state index in [4.69, 9.17) is 0 Å². The molecular formula is C22H28FN5O3. The zero-order chi connectivity index (χ0) is 22.4. The predicted molar refractivity (Wildman–Crippen MR) is 119 cm³/mol. The smallest absolute Gasteiger partial charge is 0.292 e. The molecule has 31 heavy (non-hydrogen) atoms. The number of nitro benzene ring substituents is 1. The van der Waals surface area contributed by atoms with Gasteiger partial charge in [0.2, 0.25) is 5.91 Å². The molecule has 9 heteroatoms. The lowest BCUT2D eigenvalue weighted by Gasteiger charge is -2.37. The molecule has 166 valence electrons. The lowest BCUT2D eigenvalue weighted by Crippen LogP contribution is -2.46. The van der Waals surface area contributed by atoms with E-state index in [0.717, 1.165) is 38.4 Å². The SMILES string of the molecule is CCN1CCN(c2ccc(F)cc2C(C)NC(=O)CNc2ccccc2[N+](=O)[O-])CC1. The zero-order valence-electron chi connectivity index (χ0n) is 17.8. The number of benzene rings is 2. The Kier molecular flexibility index (Phi) is 7.41. The quantitative estimate of drug-likeness (QED) is 0.495. The van der Waals surface area contributed by atoms with Gasteiger partial charge in [0.05, 0.1) is 17.5 Å². The highest BCUT2D eigenvalue weighted by Crippen LogP contribution is 2.28. The maximum Gasteiger partial charge on any atom is 0.292 e. The minimum atomic E-state index is -0.500. The minimum absolute atomic E-state index is 0.0954. The summed E-state index contributed by atoms with van der Waals surface area (Å²) < 4.78 is 14.0. The molecule has 2 N–H and O–H groups in total. The van der Waals surface area contributed by atoms with Crippen LogP contribution in [0.1, 0.15) is 25.5 Å². The number of amides is 1. The number of anilines is 2. The number of carbonyl (C=O) groups is 1. The van der Waals surface area contributed by atoms with E-state index in [9.17, 15) is 19.3 Å². The highest BCUT2D eigenvalue weighted by atomic mass is 19.1. The van der Waals surface area contributed by atoms with Crippen molar-refractivity contribution in [2.45, 2.75) is 19.9 Å². The van der Waals surface area contributed by atoms with Crippen molar-refractivity contribution in [3.63, 3.8) is 0 Å². The highest BCUT2D eigenvalue weighted by molar-refractivity contribution is 5.82. The number of rotatable bonds is 8. The maximum atomic E-state index is 14.0. The first-order chi connectivity index (χ1) is 14.9. The first-order valence-corrected chi connectivity index (χ1v) is 10.4. The summed E-state index contributed by atoms with van der Waals surface area (Å²) in [4.78, 5) is 27.7. The van der Waals surface area contributed by atoms with E-state index in [-0.39, 0.29) is 29.6 Å². The summed E-state index contributed by atoms with van der Waals surface area (Å²) in [5.41, 5.74) is 1.80. The molecule has 0 bridgehead atoms. The summed E-state index contributed by atoms with van der Waals surface area (Å²) in [6.07, 6.45) is 0. The van der Waals surface area contributed by atoms with Gasteiger partial charge < -0.3 is 20.4 Å². The van der Waals surface area contributed by atoms with Crippen LogP contribution in [0, 0.1) is 15.9 Å². The van der Waals surface area contributed by atoms with Gasteiger partial charge in [-0.3, -0.25) is 14.9 Å². The van der Waals surface area contributed by atoms with Crippen molar-refractivity contribution in [1.29, 1.82) is 0 Å². The molecule has 1 aliphatic heterocycles. The Morgan fingerprint density at radius 1 is 1.19 bits per heavy atom. The Bertz CT molecular complexity index is 931. The fraction of sp³-hybridized carbons (Fsp3) is 0.409. The molecule has 0 spiro atoms. The molecule has 0 aromatic heterocycles. The summed E-state index contributed by atoms with van der Waals surface area (Å²) in [5, 5.41) is 16.8. The van der Waals surface area contributed by atoms with Gasteiger partial charge in [0.25, 0.3) is 5.69 Å². The van der Waals surface area contributed by atoms with Gasteiger partial charge in [-0.1, -0.05) is 19.1 Å². The van der Waals surface area contributed by atoms with E-state index in [0.29, 0.717) is 5.56 Å². The fourth-order valence-electron chi connectivity index (χ4n) is 3.79. The summed E-state index contributed by atoms with van der Waals surface area (Å²) in [6, 6.07) is 10.4. The second kappa shape index (κ2) is 10.2. The molecular weight excluding hydrogens is 401 g/mol. The third kappa shape index (κ3) is 5.69. The van der Waals surface area contributed by atoms with Crippen LogP contribution in [0.15, 0.2) is 42.5 Å².